The monoisotopic (exact) mass is 589 g/mol. The topological polar surface area (TPSA) is 90.5 Å². The van der Waals surface area contributed by atoms with Gasteiger partial charge in [-0.1, -0.05) is 69.1 Å². The lowest BCUT2D eigenvalue weighted by Crippen LogP contribution is -2.50. The standard InChI is InChI=1S/C31H38Cl2FN3O3/c1-5-30(40)13-11-18(12-14-30)35-27(38)26-24(19-7-6-8-21(33)25(19)34)31(23(37-26)16-29(2,3)4)20-10-9-17(32)15-22(20)36-28(31)39/h6-10,15,18,23-24,26,37,40H,5,11-14,16H2,1-4H3,(H,35,38)(H,36,39)/t18?,23-,24-,26+,30?,31+/m0/s1. The minimum Gasteiger partial charge on any atom is -0.390 e. The van der Waals surface area contributed by atoms with Crippen molar-refractivity contribution in [2.24, 2.45) is 5.41 Å². The fourth-order valence-electron chi connectivity index (χ4n) is 7.10. The van der Waals surface area contributed by atoms with Crippen molar-refractivity contribution in [2.45, 2.75) is 101 Å². The second-order valence-electron chi connectivity index (χ2n) is 13.0. The number of carbonyl (C=O) groups is 2. The van der Waals surface area contributed by atoms with Gasteiger partial charge in [0.25, 0.3) is 0 Å². The van der Waals surface area contributed by atoms with Crippen LogP contribution in [0.1, 0.15) is 83.3 Å². The largest absolute Gasteiger partial charge is 0.390 e. The summed E-state index contributed by atoms with van der Waals surface area (Å²) in [6, 6.07) is 8.49. The van der Waals surface area contributed by atoms with E-state index < -0.39 is 34.8 Å². The van der Waals surface area contributed by atoms with E-state index in [2.05, 4.69) is 36.7 Å². The highest BCUT2D eigenvalue weighted by Crippen LogP contribution is 2.57. The predicted molar refractivity (Wildman–Crippen MR) is 156 cm³/mol. The van der Waals surface area contributed by atoms with Gasteiger partial charge >= 0.3 is 0 Å². The van der Waals surface area contributed by atoms with E-state index in [1.54, 1.807) is 24.3 Å². The Morgan fingerprint density at radius 3 is 2.52 bits per heavy atom. The van der Waals surface area contributed by atoms with Crippen molar-refractivity contribution in [1.82, 2.24) is 10.6 Å². The van der Waals surface area contributed by atoms with Crippen molar-refractivity contribution >= 4 is 40.7 Å². The minimum absolute atomic E-state index is 0.0630. The minimum atomic E-state index is -1.28. The van der Waals surface area contributed by atoms with Crippen LogP contribution in [0, 0.1) is 11.2 Å². The first-order valence-electron chi connectivity index (χ1n) is 14.1. The molecule has 216 valence electrons. The van der Waals surface area contributed by atoms with Crippen LogP contribution in [0.2, 0.25) is 10.0 Å². The van der Waals surface area contributed by atoms with E-state index in [-0.39, 0.29) is 33.9 Å². The first kappa shape index (κ1) is 29.3. The lowest BCUT2D eigenvalue weighted by molar-refractivity contribution is -0.125. The van der Waals surface area contributed by atoms with Crippen molar-refractivity contribution < 1.29 is 19.1 Å². The molecule has 40 heavy (non-hydrogen) atoms. The zero-order chi connectivity index (χ0) is 29.0. The molecule has 2 aromatic carbocycles. The van der Waals surface area contributed by atoms with Crippen LogP contribution in [0.25, 0.3) is 0 Å². The van der Waals surface area contributed by atoms with Crippen LogP contribution in [-0.2, 0) is 15.0 Å². The first-order valence-corrected chi connectivity index (χ1v) is 14.9. The Labute approximate surface area is 245 Å². The molecule has 4 atom stereocenters. The number of carbonyl (C=O) groups excluding carboxylic acids is 2. The second-order valence-corrected chi connectivity index (χ2v) is 13.8. The lowest BCUT2D eigenvalue weighted by Gasteiger charge is -2.38. The third-order valence-corrected chi connectivity index (χ3v) is 9.67. The van der Waals surface area contributed by atoms with E-state index in [0.29, 0.717) is 54.8 Å². The Hall–Kier alpha value is -2.19. The molecule has 4 N–H and O–H groups in total. The summed E-state index contributed by atoms with van der Waals surface area (Å²) in [6.45, 7) is 8.21. The molecule has 2 aromatic rings. The van der Waals surface area contributed by atoms with Gasteiger partial charge in [-0.3, -0.25) is 9.59 Å². The maximum Gasteiger partial charge on any atom is 0.238 e. The Morgan fingerprint density at radius 2 is 1.88 bits per heavy atom. The van der Waals surface area contributed by atoms with Gasteiger partial charge in [0.1, 0.15) is 11.2 Å². The summed E-state index contributed by atoms with van der Waals surface area (Å²) in [7, 11) is 0. The van der Waals surface area contributed by atoms with E-state index in [1.165, 1.54) is 6.07 Å². The number of hydrogen-bond donors (Lipinski definition) is 4. The molecule has 2 fully saturated rings. The molecule has 2 amide bonds. The van der Waals surface area contributed by atoms with Gasteiger partial charge in [0.2, 0.25) is 11.8 Å². The molecule has 1 saturated heterocycles. The number of fused-ring (bicyclic) bond motifs is 2. The molecule has 2 heterocycles. The fourth-order valence-corrected chi connectivity index (χ4v) is 7.45. The summed E-state index contributed by atoms with van der Waals surface area (Å²) < 4.78 is 15.9. The van der Waals surface area contributed by atoms with Gasteiger partial charge in [-0.25, -0.2) is 4.39 Å². The molecule has 0 aromatic heterocycles. The van der Waals surface area contributed by atoms with E-state index in [9.17, 15) is 14.7 Å². The molecule has 0 radical (unpaired) electrons. The molecule has 3 aliphatic rings. The second kappa shape index (κ2) is 10.6. The van der Waals surface area contributed by atoms with Crippen LogP contribution in [-0.4, -0.2) is 40.6 Å². The predicted octanol–water partition coefficient (Wildman–Crippen LogP) is 6.08. The SMILES string of the molecule is CCC1(O)CCC(NC(=O)[C@@H]2N[C@@H](CC(C)(C)C)[C@@]3(C(=O)Nc4cc(Cl)ccc43)[C@H]2c2cccc(Cl)c2F)CC1. The van der Waals surface area contributed by atoms with Gasteiger partial charge in [-0.15, -0.1) is 0 Å². The number of benzene rings is 2. The average molecular weight is 591 g/mol. The smallest absolute Gasteiger partial charge is 0.238 e. The van der Waals surface area contributed by atoms with Crippen LogP contribution >= 0.6 is 23.2 Å². The van der Waals surface area contributed by atoms with E-state index in [4.69, 9.17) is 23.2 Å². The molecule has 1 spiro atoms. The summed E-state index contributed by atoms with van der Waals surface area (Å²) in [5.74, 6) is -2.10. The fraction of sp³-hybridized carbons (Fsp3) is 0.548. The molecule has 0 unspecified atom stereocenters. The quantitative estimate of drug-likeness (QED) is 0.340. The maximum atomic E-state index is 15.9. The van der Waals surface area contributed by atoms with E-state index >= 15 is 4.39 Å². The Bertz CT molecular complexity index is 1320. The van der Waals surface area contributed by atoms with E-state index in [1.807, 2.05) is 13.0 Å². The number of nitrogens with one attached hydrogen (secondary N) is 3. The van der Waals surface area contributed by atoms with E-state index in [0.717, 1.165) is 0 Å². The van der Waals surface area contributed by atoms with Crippen molar-refractivity contribution in [2.75, 3.05) is 5.32 Å². The normalized spacial score (nSPS) is 31.8. The van der Waals surface area contributed by atoms with Crippen molar-refractivity contribution in [1.29, 1.82) is 0 Å². The van der Waals surface area contributed by atoms with Gasteiger partial charge in [0.05, 0.1) is 16.7 Å². The highest BCUT2D eigenvalue weighted by Gasteiger charge is 2.66. The Morgan fingerprint density at radius 1 is 1.18 bits per heavy atom. The van der Waals surface area contributed by atoms with Gasteiger partial charge in [0.15, 0.2) is 0 Å². The Balaban J connectivity index is 1.62. The Kier molecular flexibility index (Phi) is 7.75. The maximum absolute atomic E-state index is 15.9. The van der Waals surface area contributed by atoms with Gasteiger partial charge in [-0.2, -0.15) is 0 Å². The lowest BCUT2D eigenvalue weighted by atomic mass is 9.62. The van der Waals surface area contributed by atoms with Crippen molar-refractivity contribution in [3.05, 3.63) is 63.4 Å². The number of aliphatic hydroxyl groups is 1. The summed E-state index contributed by atoms with van der Waals surface area (Å²) in [4.78, 5) is 28.3. The molecule has 1 saturated carbocycles. The third-order valence-electron chi connectivity index (χ3n) is 9.14. The van der Waals surface area contributed by atoms with Gasteiger partial charge < -0.3 is 21.1 Å². The first-order chi connectivity index (χ1) is 18.8. The molecular formula is C31H38Cl2FN3O3. The van der Waals surface area contributed by atoms with Gasteiger partial charge in [0, 0.05) is 28.7 Å². The molecule has 2 aliphatic heterocycles. The molecule has 1 aliphatic carbocycles. The van der Waals surface area contributed by atoms with Crippen LogP contribution in [0.4, 0.5) is 10.1 Å². The van der Waals surface area contributed by atoms with Crippen LogP contribution < -0.4 is 16.0 Å². The number of halogens is 3. The van der Waals surface area contributed by atoms with Crippen LogP contribution in [0.5, 0.6) is 0 Å². The molecule has 0 bridgehead atoms. The highest BCUT2D eigenvalue weighted by molar-refractivity contribution is 6.31. The van der Waals surface area contributed by atoms with Crippen LogP contribution in [0.15, 0.2) is 36.4 Å². The van der Waals surface area contributed by atoms with Crippen molar-refractivity contribution in [3.8, 4) is 0 Å². The molecule has 6 nitrogen and oxygen atoms in total. The number of hydrogen-bond acceptors (Lipinski definition) is 4. The van der Waals surface area contributed by atoms with Crippen LogP contribution in [0.3, 0.4) is 0 Å². The average Bonchev–Trinajstić information content (AvgIpc) is 3.36. The zero-order valence-electron chi connectivity index (χ0n) is 23.4. The number of anilines is 1. The number of amides is 2. The zero-order valence-corrected chi connectivity index (χ0v) is 24.9. The van der Waals surface area contributed by atoms with Gasteiger partial charge in [-0.05, 0) is 73.3 Å². The molecular weight excluding hydrogens is 552 g/mol. The molecule has 9 heteroatoms. The van der Waals surface area contributed by atoms with Crippen molar-refractivity contribution in [3.63, 3.8) is 0 Å². The molecule has 5 rings (SSSR count). The summed E-state index contributed by atoms with van der Waals surface area (Å²) >= 11 is 12.6. The highest BCUT2D eigenvalue weighted by atomic mass is 35.5. The third kappa shape index (κ3) is 5.04. The summed E-state index contributed by atoms with van der Waals surface area (Å²) in [5, 5.41) is 20.8. The number of rotatable bonds is 5. The summed E-state index contributed by atoms with van der Waals surface area (Å²) in [5.41, 5.74) is -0.717. The summed E-state index contributed by atoms with van der Waals surface area (Å²) in [6.07, 6.45) is 3.73.